The second-order valence-electron chi connectivity index (χ2n) is 8.42. The molecule has 33 heavy (non-hydrogen) atoms. The van der Waals surface area contributed by atoms with Gasteiger partial charge in [-0.25, -0.2) is 13.1 Å². The van der Waals surface area contributed by atoms with E-state index in [1.54, 1.807) is 18.4 Å². The number of halogens is 2. The first-order chi connectivity index (χ1) is 15.9. The summed E-state index contributed by atoms with van der Waals surface area (Å²) in [5.74, 6) is 1.73. The van der Waals surface area contributed by atoms with Crippen molar-refractivity contribution in [2.24, 2.45) is 5.92 Å². The van der Waals surface area contributed by atoms with Crippen LogP contribution >= 0.6 is 23.2 Å². The number of hydrogen-bond acceptors (Lipinski definition) is 6. The highest BCUT2D eigenvalue weighted by atomic mass is 35.5. The van der Waals surface area contributed by atoms with Gasteiger partial charge in [0.2, 0.25) is 10.0 Å². The highest BCUT2D eigenvalue weighted by molar-refractivity contribution is 7.89. The summed E-state index contributed by atoms with van der Waals surface area (Å²) in [6.07, 6.45) is 3.36. The maximum absolute atomic E-state index is 12.6. The largest absolute Gasteiger partial charge is 0.486 e. The van der Waals surface area contributed by atoms with Crippen LogP contribution in [0.4, 0.5) is 0 Å². The van der Waals surface area contributed by atoms with Crippen LogP contribution in [0.3, 0.4) is 0 Å². The van der Waals surface area contributed by atoms with Gasteiger partial charge in [-0.15, -0.1) is 0 Å². The predicted molar refractivity (Wildman–Crippen MR) is 127 cm³/mol. The van der Waals surface area contributed by atoms with Crippen molar-refractivity contribution in [3.8, 4) is 11.5 Å². The smallest absolute Gasteiger partial charge is 0.242 e. The molecule has 2 aliphatic heterocycles. The van der Waals surface area contributed by atoms with Crippen LogP contribution in [0.2, 0.25) is 10.0 Å². The number of hydrogen-bond donors (Lipinski definition) is 1. The maximum Gasteiger partial charge on any atom is 0.242 e. The van der Waals surface area contributed by atoms with Gasteiger partial charge >= 0.3 is 0 Å². The molecule has 1 atom stereocenters. The molecule has 1 saturated heterocycles. The van der Waals surface area contributed by atoms with Crippen LogP contribution in [0.15, 0.2) is 52.0 Å². The van der Waals surface area contributed by atoms with E-state index in [0.717, 1.165) is 54.9 Å². The summed E-state index contributed by atoms with van der Waals surface area (Å²) < 4.78 is 45.6. The maximum atomic E-state index is 12.6. The standard InChI is InChI=1S/C23H24Cl2N2O5S/c24-18-2-1-3-21(22(18)25)33(28,29)26-12-15-6-9-27(10-7-15)13-16-14-31-20-5-4-19-17(8-11-30-19)23(20)32-16/h1-5,8,11,15-16,26H,6-7,9-10,12-14H2. The Kier molecular flexibility index (Phi) is 6.46. The zero-order valence-corrected chi connectivity index (χ0v) is 20.1. The van der Waals surface area contributed by atoms with E-state index in [4.69, 9.17) is 37.1 Å². The van der Waals surface area contributed by atoms with E-state index in [0.29, 0.717) is 13.2 Å². The van der Waals surface area contributed by atoms with Crippen molar-refractivity contribution in [1.29, 1.82) is 0 Å². The highest BCUT2D eigenvalue weighted by Gasteiger charge is 2.28. The van der Waals surface area contributed by atoms with Gasteiger partial charge in [0.25, 0.3) is 0 Å². The van der Waals surface area contributed by atoms with Crippen molar-refractivity contribution in [1.82, 2.24) is 9.62 Å². The molecule has 0 amide bonds. The van der Waals surface area contributed by atoms with Crippen LogP contribution in [0.5, 0.6) is 11.5 Å². The Morgan fingerprint density at radius 1 is 1.09 bits per heavy atom. The molecule has 0 saturated carbocycles. The number of sulfonamides is 1. The molecule has 0 bridgehead atoms. The quantitative estimate of drug-likeness (QED) is 0.523. The number of nitrogens with zero attached hydrogens (tertiary/aromatic N) is 1. The molecule has 1 N–H and O–H groups in total. The molecule has 1 fully saturated rings. The van der Waals surface area contributed by atoms with E-state index in [2.05, 4.69) is 9.62 Å². The van der Waals surface area contributed by atoms with Crippen molar-refractivity contribution in [2.75, 3.05) is 32.8 Å². The van der Waals surface area contributed by atoms with Crippen LogP contribution < -0.4 is 14.2 Å². The summed E-state index contributed by atoms with van der Waals surface area (Å²) >= 11 is 12.0. The van der Waals surface area contributed by atoms with Crippen molar-refractivity contribution in [3.05, 3.63) is 52.7 Å². The summed E-state index contributed by atoms with van der Waals surface area (Å²) in [6.45, 7) is 3.36. The van der Waals surface area contributed by atoms with E-state index in [9.17, 15) is 8.42 Å². The molecule has 176 valence electrons. The number of ether oxygens (including phenoxy) is 2. The summed E-state index contributed by atoms with van der Waals surface area (Å²) in [5.41, 5.74) is 0.778. The Bertz CT molecular complexity index is 1250. The van der Waals surface area contributed by atoms with E-state index >= 15 is 0 Å². The lowest BCUT2D eigenvalue weighted by Gasteiger charge is -2.35. The molecule has 2 aromatic carbocycles. The van der Waals surface area contributed by atoms with E-state index in [-0.39, 0.29) is 27.0 Å². The van der Waals surface area contributed by atoms with Crippen molar-refractivity contribution in [2.45, 2.75) is 23.8 Å². The van der Waals surface area contributed by atoms with Crippen molar-refractivity contribution >= 4 is 44.2 Å². The summed E-state index contributed by atoms with van der Waals surface area (Å²) in [7, 11) is -3.71. The third-order valence-electron chi connectivity index (χ3n) is 6.20. The lowest BCUT2D eigenvalue weighted by Crippen LogP contribution is -2.45. The highest BCUT2D eigenvalue weighted by Crippen LogP contribution is 2.39. The second kappa shape index (κ2) is 9.35. The van der Waals surface area contributed by atoms with Gasteiger partial charge in [-0.05, 0) is 62.2 Å². The molecular weight excluding hydrogens is 487 g/mol. The zero-order valence-electron chi connectivity index (χ0n) is 17.8. The third kappa shape index (κ3) is 4.81. The first-order valence-corrected chi connectivity index (χ1v) is 13.1. The average Bonchev–Trinajstić information content (AvgIpc) is 3.30. The monoisotopic (exact) mass is 510 g/mol. The summed E-state index contributed by atoms with van der Waals surface area (Å²) in [6, 6.07) is 10.3. The third-order valence-corrected chi connectivity index (χ3v) is 8.59. The van der Waals surface area contributed by atoms with Crippen molar-refractivity contribution < 1.29 is 22.3 Å². The van der Waals surface area contributed by atoms with Gasteiger partial charge < -0.3 is 13.9 Å². The molecule has 0 spiro atoms. The number of likely N-dealkylation sites (tertiary alicyclic amines) is 1. The lowest BCUT2D eigenvalue weighted by molar-refractivity contribution is 0.0495. The minimum atomic E-state index is -3.71. The fourth-order valence-corrected chi connectivity index (χ4v) is 6.24. The molecule has 1 unspecified atom stereocenters. The molecule has 3 heterocycles. The second-order valence-corrected chi connectivity index (χ2v) is 10.9. The Morgan fingerprint density at radius 2 is 1.91 bits per heavy atom. The number of benzene rings is 2. The van der Waals surface area contributed by atoms with E-state index in [1.807, 2.05) is 18.2 Å². The minimum absolute atomic E-state index is 0.00978. The number of piperidine rings is 1. The number of fused-ring (bicyclic) bond motifs is 3. The molecule has 10 heteroatoms. The predicted octanol–water partition coefficient (Wildman–Crippen LogP) is 4.57. The Morgan fingerprint density at radius 3 is 2.73 bits per heavy atom. The average molecular weight is 511 g/mol. The minimum Gasteiger partial charge on any atom is -0.486 e. The Balaban J connectivity index is 1.13. The fraction of sp³-hybridized carbons (Fsp3) is 0.391. The molecular formula is C23H24Cl2N2O5S. The summed E-state index contributed by atoms with van der Waals surface area (Å²) in [4.78, 5) is 2.35. The SMILES string of the molecule is O=S(=O)(NCC1CCN(CC2COc3ccc4occc4c3O2)CC1)c1cccc(Cl)c1Cl. The topological polar surface area (TPSA) is 81.0 Å². The van der Waals surface area contributed by atoms with Crippen LogP contribution in [-0.2, 0) is 10.0 Å². The first-order valence-electron chi connectivity index (χ1n) is 10.9. The molecule has 3 aromatic rings. The van der Waals surface area contributed by atoms with E-state index < -0.39 is 10.0 Å². The summed E-state index contributed by atoms with van der Waals surface area (Å²) in [5, 5.41) is 1.19. The molecule has 1 aromatic heterocycles. The van der Waals surface area contributed by atoms with Crippen LogP contribution in [-0.4, -0.2) is 52.2 Å². The van der Waals surface area contributed by atoms with Crippen molar-refractivity contribution in [3.63, 3.8) is 0 Å². The van der Waals surface area contributed by atoms with Crippen LogP contribution in [0, 0.1) is 5.92 Å². The number of furan rings is 1. The van der Waals surface area contributed by atoms with E-state index in [1.165, 1.54) is 6.07 Å². The number of rotatable bonds is 6. The molecule has 5 rings (SSSR count). The zero-order chi connectivity index (χ0) is 23.0. The molecule has 0 radical (unpaired) electrons. The van der Waals surface area contributed by atoms with Gasteiger partial charge in [0, 0.05) is 13.1 Å². The van der Waals surface area contributed by atoms with Crippen LogP contribution in [0.1, 0.15) is 12.8 Å². The molecule has 7 nitrogen and oxygen atoms in total. The normalized spacial score (nSPS) is 19.8. The van der Waals surface area contributed by atoms with Gasteiger partial charge in [0.1, 0.15) is 23.2 Å². The van der Waals surface area contributed by atoms with Gasteiger partial charge in [-0.2, -0.15) is 0 Å². The van der Waals surface area contributed by atoms with Gasteiger partial charge in [0.15, 0.2) is 11.5 Å². The Hall–Kier alpha value is -1.97. The number of nitrogens with one attached hydrogen (secondary N) is 1. The van der Waals surface area contributed by atoms with Gasteiger partial charge in [-0.3, -0.25) is 4.90 Å². The molecule has 2 aliphatic rings. The van der Waals surface area contributed by atoms with Gasteiger partial charge in [-0.1, -0.05) is 29.3 Å². The van der Waals surface area contributed by atoms with Gasteiger partial charge in [0.05, 0.1) is 21.7 Å². The first kappa shape index (κ1) is 22.8. The van der Waals surface area contributed by atoms with Crippen LogP contribution in [0.25, 0.3) is 11.0 Å². The fourth-order valence-electron chi connectivity index (χ4n) is 4.36. The Labute approximate surface area is 202 Å². The molecule has 0 aliphatic carbocycles. The lowest BCUT2D eigenvalue weighted by atomic mass is 9.97.